The van der Waals surface area contributed by atoms with Crippen molar-refractivity contribution in [3.8, 4) is 22.9 Å². The van der Waals surface area contributed by atoms with Crippen LogP contribution in [0.4, 0.5) is 10.5 Å². The minimum Gasteiger partial charge on any atom is -0.497 e. The van der Waals surface area contributed by atoms with Crippen LogP contribution in [-0.2, 0) is 0 Å². The van der Waals surface area contributed by atoms with Crippen LogP contribution in [0.1, 0.15) is 30.0 Å². The summed E-state index contributed by atoms with van der Waals surface area (Å²) >= 11 is 0. The van der Waals surface area contributed by atoms with E-state index in [4.69, 9.17) is 19.0 Å². The molecule has 1 atom stereocenters. The van der Waals surface area contributed by atoms with Crippen LogP contribution in [0.5, 0.6) is 11.5 Å². The van der Waals surface area contributed by atoms with Crippen molar-refractivity contribution in [3.63, 3.8) is 0 Å². The molecule has 1 aliphatic rings. The van der Waals surface area contributed by atoms with Crippen molar-refractivity contribution in [2.75, 3.05) is 19.1 Å². The number of methoxy groups -OCH3 is 2. The number of anilines is 1. The zero-order valence-corrected chi connectivity index (χ0v) is 20.5. The molecule has 182 valence electrons. The quantitative estimate of drug-likeness (QED) is 0.376. The van der Waals surface area contributed by atoms with Gasteiger partial charge < -0.3 is 19.3 Å². The van der Waals surface area contributed by atoms with Gasteiger partial charge in [0.15, 0.2) is 0 Å². The van der Waals surface area contributed by atoms with Gasteiger partial charge in [-0.2, -0.15) is 4.98 Å². The van der Waals surface area contributed by atoms with Crippen LogP contribution in [0.2, 0.25) is 0 Å². The smallest absolute Gasteiger partial charge is 0.326 e. The summed E-state index contributed by atoms with van der Waals surface area (Å²) in [6.45, 7) is 3.89. The Morgan fingerprint density at radius 2 is 1.67 bits per heavy atom. The van der Waals surface area contributed by atoms with Crippen LogP contribution in [0.3, 0.4) is 0 Å². The van der Waals surface area contributed by atoms with Crippen molar-refractivity contribution in [1.29, 1.82) is 0 Å². The summed E-state index contributed by atoms with van der Waals surface area (Å²) in [6.07, 6.45) is 0. The Labute approximate surface area is 209 Å². The first-order valence-corrected chi connectivity index (χ1v) is 11.5. The van der Waals surface area contributed by atoms with Gasteiger partial charge >= 0.3 is 6.03 Å². The van der Waals surface area contributed by atoms with Crippen LogP contribution in [0.25, 0.3) is 17.0 Å². The molecule has 0 fully saturated rings. The van der Waals surface area contributed by atoms with Crippen LogP contribution >= 0.6 is 0 Å². The Bertz CT molecular complexity index is 1440. The third-order valence-electron chi connectivity index (χ3n) is 6.18. The van der Waals surface area contributed by atoms with Gasteiger partial charge in [0.25, 0.3) is 5.89 Å². The highest BCUT2D eigenvalue weighted by atomic mass is 16.5. The standard InChI is InChI=1S/C28H26N4O4/c1-17-7-5-9-20(15-17)26-30-27(36-31-26)24-18(2)32(21-11-13-22(34-3)14-12-21)28(33)29-25(24)19-8-6-10-23(16-19)35-4/h5-16,25H,1-4H3,(H,29,33). The Balaban J connectivity index is 1.65. The van der Waals surface area contributed by atoms with Crippen molar-refractivity contribution in [2.24, 2.45) is 0 Å². The molecule has 1 unspecified atom stereocenters. The lowest BCUT2D eigenvalue weighted by Gasteiger charge is -2.35. The maximum atomic E-state index is 13.4. The number of benzene rings is 3. The predicted molar refractivity (Wildman–Crippen MR) is 137 cm³/mol. The monoisotopic (exact) mass is 482 g/mol. The molecule has 0 spiro atoms. The van der Waals surface area contributed by atoms with Gasteiger partial charge in [0.05, 0.1) is 31.5 Å². The Morgan fingerprint density at radius 1 is 0.917 bits per heavy atom. The van der Waals surface area contributed by atoms with E-state index in [0.29, 0.717) is 40.2 Å². The highest BCUT2D eigenvalue weighted by Crippen LogP contribution is 2.40. The molecule has 2 amide bonds. The van der Waals surface area contributed by atoms with Gasteiger partial charge in [-0.1, -0.05) is 41.1 Å². The minimum atomic E-state index is -0.520. The van der Waals surface area contributed by atoms with E-state index >= 15 is 0 Å². The summed E-state index contributed by atoms with van der Waals surface area (Å²) in [5.74, 6) is 2.19. The zero-order chi connectivity index (χ0) is 25.2. The maximum Gasteiger partial charge on any atom is 0.326 e. The first-order valence-electron chi connectivity index (χ1n) is 11.5. The average molecular weight is 483 g/mol. The van der Waals surface area contributed by atoms with E-state index in [1.165, 1.54) is 0 Å². The molecule has 36 heavy (non-hydrogen) atoms. The number of ether oxygens (including phenoxy) is 2. The molecule has 3 aromatic carbocycles. The largest absolute Gasteiger partial charge is 0.497 e. The summed E-state index contributed by atoms with van der Waals surface area (Å²) in [6, 6.07) is 22.0. The number of nitrogens with zero attached hydrogens (tertiary/aromatic N) is 3. The van der Waals surface area contributed by atoms with Gasteiger partial charge in [-0.15, -0.1) is 0 Å². The second-order valence-corrected chi connectivity index (χ2v) is 8.48. The number of carbonyl (C=O) groups is 1. The van der Waals surface area contributed by atoms with E-state index in [1.54, 1.807) is 19.1 Å². The van der Waals surface area contributed by atoms with Crippen LogP contribution in [0.15, 0.2) is 83.0 Å². The highest BCUT2D eigenvalue weighted by molar-refractivity contribution is 6.01. The number of allylic oxidation sites excluding steroid dienone is 1. The molecule has 0 bridgehead atoms. The van der Waals surface area contributed by atoms with Crippen LogP contribution in [-0.4, -0.2) is 30.4 Å². The van der Waals surface area contributed by atoms with Gasteiger partial charge in [-0.25, -0.2) is 4.79 Å². The Kier molecular flexibility index (Phi) is 6.16. The molecular formula is C28H26N4O4. The molecule has 8 nitrogen and oxygen atoms in total. The Hall–Kier alpha value is -4.59. The highest BCUT2D eigenvalue weighted by Gasteiger charge is 2.36. The summed E-state index contributed by atoms with van der Waals surface area (Å²) < 4.78 is 16.5. The summed E-state index contributed by atoms with van der Waals surface area (Å²) in [4.78, 5) is 19.7. The van der Waals surface area contributed by atoms with Crippen molar-refractivity contribution in [3.05, 3.63) is 95.5 Å². The first-order chi connectivity index (χ1) is 17.5. The van der Waals surface area contributed by atoms with E-state index in [1.807, 2.05) is 86.6 Å². The average Bonchev–Trinajstić information content (AvgIpc) is 3.38. The number of rotatable bonds is 6. The van der Waals surface area contributed by atoms with Crippen molar-refractivity contribution in [1.82, 2.24) is 15.5 Å². The molecular weight excluding hydrogens is 456 g/mol. The van der Waals surface area contributed by atoms with Crippen LogP contribution < -0.4 is 19.7 Å². The lowest BCUT2D eigenvalue weighted by atomic mass is 9.94. The van der Waals surface area contributed by atoms with Crippen molar-refractivity contribution in [2.45, 2.75) is 19.9 Å². The lowest BCUT2D eigenvalue weighted by molar-refractivity contribution is 0.244. The number of nitrogens with one attached hydrogen (secondary N) is 1. The predicted octanol–water partition coefficient (Wildman–Crippen LogP) is 5.76. The molecule has 8 heteroatoms. The number of hydrogen-bond acceptors (Lipinski definition) is 6. The molecule has 2 heterocycles. The SMILES string of the molecule is COc1ccc(N2C(=O)NC(c3cccc(OC)c3)C(c3nc(-c4cccc(C)c4)no3)=C2C)cc1. The van der Waals surface area contributed by atoms with Gasteiger partial charge in [-0.05, 0) is 61.9 Å². The number of aromatic nitrogens is 2. The number of urea groups is 1. The molecule has 0 aliphatic carbocycles. The van der Waals surface area contributed by atoms with E-state index in [2.05, 4.69) is 10.5 Å². The molecule has 1 aliphatic heterocycles. The minimum absolute atomic E-state index is 0.271. The fourth-order valence-corrected chi connectivity index (χ4v) is 4.37. The second-order valence-electron chi connectivity index (χ2n) is 8.48. The fraction of sp³-hybridized carbons (Fsp3) is 0.179. The topological polar surface area (TPSA) is 89.7 Å². The third-order valence-corrected chi connectivity index (χ3v) is 6.18. The van der Waals surface area contributed by atoms with Crippen molar-refractivity contribution < 1.29 is 18.8 Å². The van der Waals surface area contributed by atoms with E-state index in [-0.39, 0.29) is 6.03 Å². The first kappa shape index (κ1) is 23.2. The fourth-order valence-electron chi connectivity index (χ4n) is 4.37. The molecule has 0 saturated carbocycles. The lowest BCUT2D eigenvalue weighted by Crippen LogP contribution is -2.46. The van der Waals surface area contributed by atoms with E-state index in [0.717, 1.165) is 16.7 Å². The molecule has 5 rings (SSSR count). The van der Waals surface area contributed by atoms with Gasteiger partial charge in [0.1, 0.15) is 11.5 Å². The Morgan fingerprint density at radius 3 is 2.39 bits per heavy atom. The molecule has 1 aromatic heterocycles. The van der Waals surface area contributed by atoms with Crippen molar-refractivity contribution >= 4 is 17.3 Å². The van der Waals surface area contributed by atoms with Gasteiger partial charge in [0, 0.05) is 11.3 Å². The number of aryl methyl sites for hydroxylation is 1. The van der Waals surface area contributed by atoms with E-state index < -0.39 is 6.04 Å². The zero-order valence-electron chi connectivity index (χ0n) is 20.5. The molecule has 0 saturated heterocycles. The number of carbonyl (C=O) groups excluding carboxylic acids is 1. The summed E-state index contributed by atoms with van der Waals surface area (Å²) in [5, 5.41) is 7.36. The normalized spacial score (nSPS) is 15.6. The third kappa shape index (κ3) is 4.29. The number of hydrogen-bond donors (Lipinski definition) is 1. The summed E-state index contributed by atoms with van der Waals surface area (Å²) in [7, 11) is 3.21. The number of amides is 2. The van der Waals surface area contributed by atoms with Crippen LogP contribution in [0, 0.1) is 6.92 Å². The molecule has 1 N–H and O–H groups in total. The second kappa shape index (κ2) is 9.58. The molecule has 0 radical (unpaired) electrons. The van der Waals surface area contributed by atoms with E-state index in [9.17, 15) is 4.79 Å². The molecule has 4 aromatic rings. The summed E-state index contributed by atoms with van der Waals surface area (Å²) in [5.41, 5.74) is 4.85. The maximum absolute atomic E-state index is 13.4. The van der Waals surface area contributed by atoms with Gasteiger partial charge in [-0.3, -0.25) is 4.90 Å². The van der Waals surface area contributed by atoms with Gasteiger partial charge in [0.2, 0.25) is 5.82 Å².